The number of rotatable bonds is 5. The number of hydrogen-bond donors (Lipinski definition) is 1. The van der Waals surface area contributed by atoms with Gasteiger partial charge in [0.1, 0.15) is 6.17 Å². The number of nitrogens with zero attached hydrogens (tertiary/aromatic N) is 1. The molecule has 17 heavy (non-hydrogen) atoms. The predicted octanol–water partition coefficient (Wildman–Crippen LogP) is 0.677. The van der Waals surface area contributed by atoms with Gasteiger partial charge >= 0.3 is 5.97 Å². The van der Waals surface area contributed by atoms with Crippen LogP contribution in [0.2, 0.25) is 0 Å². The van der Waals surface area contributed by atoms with Crippen LogP contribution in [0.5, 0.6) is 0 Å². The first-order valence-corrected chi connectivity index (χ1v) is 5.55. The van der Waals surface area contributed by atoms with E-state index in [1.807, 2.05) is 0 Å². The highest BCUT2D eigenvalue weighted by Crippen LogP contribution is 2.30. The highest BCUT2D eigenvalue weighted by molar-refractivity contribution is 5.71. The van der Waals surface area contributed by atoms with Gasteiger partial charge in [-0.15, -0.1) is 0 Å². The third-order valence-corrected chi connectivity index (χ3v) is 3.14. The minimum atomic E-state index is -0.894. The molecule has 0 aromatic carbocycles. The molecule has 7 heteroatoms. The normalized spacial score (nSPS) is 28.7. The van der Waals surface area contributed by atoms with Crippen LogP contribution in [0.3, 0.4) is 0 Å². The summed E-state index contributed by atoms with van der Waals surface area (Å²) in [4.78, 5) is 21.2. The number of carbonyl (C=O) groups is 1. The Hall–Kier alpha value is -1.24. The fraction of sp³-hybridized carbons (Fsp3) is 0.900. The number of alkyl halides is 1. The van der Waals surface area contributed by atoms with Crippen molar-refractivity contribution in [3.8, 4) is 0 Å². The maximum Gasteiger partial charge on any atom is 0.319 e. The highest BCUT2D eigenvalue weighted by Gasteiger charge is 2.39. The molecule has 1 saturated carbocycles. The molecular formula is C10H17FN2O4. The number of hydrogen-bond acceptors (Lipinski definition) is 5. The molecular weight excluding hydrogens is 231 g/mol. The number of ether oxygens (including phenoxy) is 1. The van der Waals surface area contributed by atoms with E-state index in [1.165, 1.54) is 7.11 Å². The molecule has 6 nitrogen and oxygen atoms in total. The Bertz CT molecular complexity index is 290. The number of esters is 1. The van der Waals surface area contributed by atoms with Crippen molar-refractivity contribution in [1.82, 2.24) is 5.32 Å². The molecule has 0 saturated heterocycles. The Balaban J connectivity index is 2.59. The van der Waals surface area contributed by atoms with Crippen LogP contribution in [0, 0.1) is 10.1 Å². The van der Waals surface area contributed by atoms with Gasteiger partial charge in [0.25, 0.3) is 0 Å². The van der Waals surface area contributed by atoms with Crippen LogP contribution in [0.15, 0.2) is 0 Å². The monoisotopic (exact) mass is 248 g/mol. The number of nitrogens with one attached hydrogen (secondary N) is 1. The average Bonchev–Trinajstić information content (AvgIpc) is 2.29. The summed E-state index contributed by atoms with van der Waals surface area (Å²) < 4.78 is 17.5. The fourth-order valence-corrected chi connectivity index (χ4v) is 2.10. The Kier molecular flexibility index (Phi) is 4.80. The van der Waals surface area contributed by atoms with E-state index in [9.17, 15) is 19.3 Å². The molecule has 0 unspecified atom stereocenters. The predicted molar refractivity (Wildman–Crippen MR) is 58.0 cm³/mol. The Labute approximate surface area is 98.7 Å². The molecule has 0 radical (unpaired) electrons. The van der Waals surface area contributed by atoms with Crippen molar-refractivity contribution in [2.75, 3.05) is 20.2 Å². The second kappa shape index (κ2) is 5.90. The van der Waals surface area contributed by atoms with Gasteiger partial charge in [0.05, 0.1) is 19.2 Å². The van der Waals surface area contributed by atoms with Crippen molar-refractivity contribution in [2.24, 2.45) is 0 Å². The fourth-order valence-electron chi connectivity index (χ4n) is 2.10. The third kappa shape index (κ3) is 4.26. The lowest BCUT2D eigenvalue weighted by atomic mass is 9.81. The van der Waals surface area contributed by atoms with Gasteiger partial charge in [-0.2, -0.15) is 0 Å². The topological polar surface area (TPSA) is 81.5 Å². The van der Waals surface area contributed by atoms with Crippen LogP contribution in [0.1, 0.15) is 25.7 Å². The Morgan fingerprint density at radius 2 is 2.18 bits per heavy atom. The van der Waals surface area contributed by atoms with Crippen LogP contribution in [-0.2, 0) is 9.53 Å². The maximum atomic E-state index is 13.0. The lowest BCUT2D eigenvalue weighted by Crippen LogP contribution is -2.54. The first-order chi connectivity index (χ1) is 7.97. The van der Waals surface area contributed by atoms with Crippen molar-refractivity contribution in [1.29, 1.82) is 0 Å². The molecule has 0 bridgehead atoms. The summed E-state index contributed by atoms with van der Waals surface area (Å²) in [5.41, 5.74) is -0.777. The zero-order chi connectivity index (χ0) is 12.9. The van der Waals surface area contributed by atoms with Crippen LogP contribution in [0.4, 0.5) is 4.39 Å². The molecule has 0 atom stereocenters. The third-order valence-electron chi connectivity index (χ3n) is 3.14. The summed E-state index contributed by atoms with van der Waals surface area (Å²) in [6.45, 7) is -0.377. The lowest BCUT2D eigenvalue weighted by molar-refractivity contribution is -0.492. The molecule has 98 valence electrons. The zero-order valence-corrected chi connectivity index (χ0v) is 9.78. The maximum absolute atomic E-state index is 13.0. The SMILES string of the molecule is COC(=O)CNC1(C[N+](=O)[O-])CCC(F)CC1. The first kappa shape index (κ1) is 13.8. The van der Waals surface area contributed by atoms with Gasteiger partial charge < -0.3 is 4.74 Å². The van der Waals surface area contributed by atoms with Crippen LogP contribution in [0.25, 0.3) is 0 Å². The quantitative estimate of drug-likeness (QED) is 0.439. The summed E-state index contributed by atoms with van der Waals surface area (Å²) >= 11 is 0. The Morgan fingerprint density at radius 1 is 1.59 bits per heavy atom. The largest absolute Gasteiger partial charge is 0.468 e. The van der Waals surface area contributed by atoms with Crippen molar-refractivity contribution in [3.63, 3.8) is 0 Å². The van der Waals surface area contributed by atoms with Crippen LogP contribution < -0.4 is 5.32 Å². The molecule has 0 aliphatic heterocycles. The second-order valence-corrected chi connectivity index (χ2v) is 4.38. The van der Waals surface area contributed by atoms with Crippen molar-refractivity contribution < 1.29 is 18.8 Å². The molecule has 1 aliphatic rings. The van der Waals surface area contributed by atoms with Gasteiger partial charge in [0, 0.05) is 4.92 Å². The molecule has 0 aromatic rings. The van der Waals surface area contributed by atoms with Gasteiger partial charge in [0.2, 0.25) is 6.54 Å². The number of methoxy groups -OCH3 is 1. The molecule has 1 fully saturated rings. The van der Waals surface area contributed by atoms with E-state index in [1.54, 1.807) is 0 Å². The van der Waals surface area contributed by atoms with E-state index in [2.05, 4.69) is 10.1 Å². The summed E-state index contributed by atoms with van der Waals surface area (Å²) in [6, 6.07) is 0. The first-order valence-electron chi connectivity index (χ1n) is 5.55. The minimum Gasteiger partial charge on any atom is -0.468 e. The summed E-state index contributed by atoms with van der Waals surface area (Å²) in [6.07, 6.45) is 0.428. The molecule has 1 N–H and O–H groups in total. The van der Waals surface area contributed by atoms with E-state index in [-0.39, 0.29) is 13.1 Å². The van der Waals surface area contributed by atoms with Gasteiger partial charge in [-0.25, -0.2) is 4.39 Å². The number of carbonyl (C=O) groups excluding carboxylic acids is 1. The molecule has 1 aliphatic carbocycles. The van der Waals surface area contributed by atoms with Gasteiger partial charge in [-0.1, -0.05) is 0 Å². The molecule has 0 heterocycles. The van der Waals surface area contributed by atoms with E-state index in [4.69, 9.17) is 0 Å². The smallest absolute Gasteiger partial charge is 0.319 e. The molecule has 0 aromatic heterocycles. The minimum absolute atomic E-state index is 0.0821. The van der Waals surface area contributed by atoms with Crippen LogP contribution >= 0.6 is 0 Å². The van der Waals surface area contributed by atoms with Crippen molar-refractivity contribution >= 4 is 5.97 Å². The second-order valence-electron chi connectivity index (χ2n) is 4.38. The van der Waals surface area contributed by atoms with E-state index in [0.29, 0.717) is 25.7 Å². The van der Waals surface area contributed by atoms with Gasteiger partial charge in [-0.3, -0.25) is 20.2 Å². The molecule has 0 amide bonds. The lowest BCUT2D eigenvalue weighted by Gasteiger charge is -2.35. The standard InChI is InChI=1S/C10H17FN2O4/c1-17-9(14)6-12-10(7-13(15)16)4-2-8(11)3-5-10/h8,12H,2-7H2,1H3. The van der Waals surface area contributed by atoms with E-state index >= 15 is 0 Å². The molecule has 0 spiro atoms. The summed E-state index contributed by atoms with van der Waals surface area (Å²) in [7, 11) is 1.25. The summed E-state index contributed by atoms with van der Waals surface area (Å²) in [5, 5.41) is 13.5. The van der Waals surface area contributed by atoms with Crippen LogP contribution in [-0.4, -0.2) is 42.8 Å². The zero-order valence-electron chi connectivity index (χ0n) is 9.78. The van der Waals surface area contributed by atoms with Crippen molar-refractivity contribution in [2.45, 2.75) is 37.4 Å². The average molecular weight is 248 g/mol. The van der Waals surface area contributed by atoms with E-state index in [0.717, 1.165) is 0 Å². The van der Waals surface area contributed by atoms with E-state index < -0.39 is 22.6 Å². The van der Waals surface area contributed by atoms with Crippen molar-refractivity contribution in [3.05, 3.63) is 10.1 Å². The molecule has 1 rings (SSSR count). The number of halogens is 1. The summed E-state index contributed by atoms with van der Waals surface area (Å²) in [5.74, 6) is -0.477. The Morgan fingerprint density at radius 3 is 2.65 bits per heavy atom. The highest BCUT2D eigenvalue weighted by atomic mass is 19.1. The van der Waals surface area contributed by atoms with Gasteiger partial charge in [0.15, 0.2) is 0 Å². The van der Waals surface area contributed by atoms with Gasteiger partial charge in [-0.05, 0) is 25.7 Å². The number of nitro groups is 1.